The third-order valence-electron chi connectivity index (χ3n) is 3.43. The van der Waals surface area contributed by atoms with Crippen LogP contribution in [-0.4, -0.2) is 35.0 Å². The molecule has 0 spiro atoms. The van der Waals surface area contributed by atoms with Crippen molar-refractivity contribution in [3.05, 3.63) is 0 Å². The van der Waals surface area contributed by atoms with Crippen LogP contribution in [0.1, 0.15) is 40.0 Å². The second-order valence-corrected chi connectivity index (χ2v) is 5.37. The van der Waals surface area contributed by atoms with Gasteiger partial charge in [-0.25, -0.2) is 0 Å². The highest BCUT2D eigenvalue weighted by atomic mass is 16.4. The lowest BCUT2D eigenvalue weighted by Gasteiger charge is -2.36. The van der Waals surface area contributed by atoms with E-state index in [2.05, 4.69) is 20.8 Å². The van der Waals surface area contributed by atoms with Crippen LogP contribution in [0.2, 0.25) is 0 Å². The van der Waals surface area contributed by atoms with Gasteiger partial charge in [0.05, 0.1) is 5.92 Å². The van der Waals surface area contributed by atoms with Gasteiger partial charge in [-0.15, -0.1) is 0 Å². The Morgan fingerprint density at radius 1 is 1.56 bits per heavy atom. The van der Waals surface area contributed by atoms with E-state index in [1.165, 1.54) is 0 Å². The molecule has 0 bridgehead atoms. The fourth-order valence-electron chi connectivity index (χ4n) is 1.90. The number of nitrogens with zero attached hydrogens (tertiary/aromatic N) is 1. The average Bonchev–Trinajstić information content (AvgIpc) is 2.21. The van der Waals surface area contributed by atoms with Gasteiger partial charge in [-0.2, -0.15) is 0 Å². The van der Waals surface area contributed by atoms with Crippen LogP contribution in [0.25, 0.3) is 0 Å². The zero-order valence-corrected chi connectivity index (χ0v) is 10.3. The smallest absolute Gasteiger partial charge is 0.308 e. The predicted molar refractivity (Wildman–Crippen MR) is 61.0 cm³/mol. The van der Waals surface area contributed by atoms with Crippen LogP contribution in [0.3, 0.4) is 0 Å². The third kappa shape index (κ3) is 3.22. The molecule has 4 nitrogen and oxygen atoms in total. The number of carbonyl (C=O) groups is 2. The molecule has 0 aromatic heterocycles. The Morgan fingerprint density at radius 3 is 2.69 bits per heavy atom. The molecule has 0 aliphatic carbocycles. The number of carboxylic acids is 1. The Bertz CT molecular complexity index is 286. The first kappa shape index (κ1) is 13.0. The lowest BCUT2D eigenvalue weighted by molar-refractivity contribution is -0.148. The molecule has 92 valence electrons. The minimum Gasteiger partial charge on any atom is -0.481 e. The van der Waals surface area contributed by atoms with E-state index >= 15 is 0 Å². The summed E-state index contributed by atoms with van der Waals surface area (Å²) in [7, 11) is 0. The van der Waals surface area contributed by atoms with Gasteiger partial charge in [0.2, 0.25) is 5.91 Å². The van der Waals surface area contributed by atoms with Crippen molar-refractivity contribution in [2.24, 2.45) is 11.3 Å². The molecule has 1 N–H and O–H groups in total. The maximum atomic E-state index is 11.7. The number of rotatable bonds is 4. The van der Waals surface area contributed by atoms with Gasteiger partial charge >= 0.3 is 5.97 Å². The first-order valence-corrected chi connectivity index (χ1v) is 5.86. The standard InChI is InChI=1S/C12H21NO3/c1-4-12(2,3)8-13-7-9(11(15)16)5-6-10(13)14/h9H,4-8H2,1-3H3,(H,15,16). The third-order valence-corrected chi connectivity index (χ3v) is 3.43. The predicted octanol–water partition coefficient (Wildman–Crippen LogP) is 1.75. The molecule has 1 atom stereocenters. The van der Waals surface area contributed by atoms with Gasteiger partial charge in [0.15, 0.2) is 0 Å². The minimum atomic E-state index is -0.785. The van der Waals surface area contributed by atoms with E-state index in [9.17, 15) is 9.59 Å². The lowest BCUT2D eigenvalue weighted by Crippen LogP contribution is -2.46. The fraction of sp³-hybridized carbons (Fsp3) is 0.833. The zero-order chi connectivity index (χ0) is 12.3. The number of hydrogen-bond acceptors (Lipinski definition) is 2. The number of carbonyl (C=O) groups excluding carboxylic acids is 1. The molecule has 0 aromatic rings. The summed E-state index contributed by atoms with van der Waals surface area (Å²) >= 11 is 0. The SMILES string of the molecule is CCC(C)(C)CN1CC(C(=O)O)CCC1=O. The van der Waals surface area contributed by atoms with Crippen LogP contribution >= 0.6 is 0 Å². The van der Waals surface area contributed by atoms with Crippen molar-refractivity contribution >= 4 is 11.9 Å². The molecule has 1 saturated heterocycles. The van der Waals surface area contributed by atoms with Crippen LogP contribution in [0.4, 0.5) is 0 Å². The van der Waals surface area contributed by atoms with Crippen LogP contribution < -0.4 is 0 Å². The summed E-state index contributed by atoms with van der Waals surface area (Å²) in [6.07, 6.45) is 1.84. The summed E-state index contributed by atoms with van der Waals surface area (Å²) in [5, 5.41) is 8.96. The number of piperidine rings is 1. The first-order chi connectivity index (χ1) is 7.35. The first-order valence-electron chi connectivity index (χ1n) is 5.86. The molecule has 16 heavy (non-hydrogen) atoms. The molecule has 1 amide bonds. The molecule has 0 saturated carbocycles. The van der Waals surface area contributed by atoms with Crippen molar-refractivity contribution in [1.82, 2.24) is 4.90 Å². The van der Waals surface area contributed by atoms with Crippen molar-refractivity contribution in [1.29, 1.82) is 0 Å². The molecule has 1 unspecified atom stereocenters. The molecule has 4 heteroatoms. The van der Waals surface area contributed by atoms with Gasteiger partial charge in [-0.1, -0.05) is 20.8 Å². The van der Waals surface area contributed by atoms with E-state index in [4.69, 9.17) is 5.11 Å². The highest BCUT2D eigenvalue weighted by Crippen LogP contribution is 2.25. The Morgan fingerprint density at radius 2 is 2.19 bits per heavy atom. The van der Waals surface area contributed by atoms with Crippen molar-refractivity contribution in [2.45, 2.75) is 40.0 Å². The number of likely N-dealkylation sites (tertiary alicyclic amines) is 1. The molecular weight excluding hydrogens is 206 g/mol. The number of aliphatic carboxylic acids is 1. The van der Waals surface area contributed by atoms with Crippen LogP contribution in [0.5, 0.6) is 0 Å². The summed E-state index contributed by atoms with van der Waals surface area (Å²) < 4.78 is 0. The van der Waals surface area contributed by atoms with E-state index in [-0.39, 0.29) is 17.2 Å². The van der Waals surface area contributed by atoms with Crippen molar-refractivity contribution in [2.75, 3.05) is 13.1 Å². The minimum absolute atomic E-state index is 0.0655. The van der Waals surface area contributed by atoms with Gasteiger partial charge in [0, 0.05) is 19.5 Å². The Balaban J connectivity index is 2.63. The zero-order valence-electron chi connectivity index (χ0n) is 10.3. The maximum absolute atomic E-state index is 11.7. The molecule has 1 fully saturated rings. The van der Waals surface area contributed by atoms with E-state index < -0.39 is 5.97 Å². The van der Waals surface area contributed by atoms with E-state index in [0.717, 1.165) is 6.42 Å². The number of hydrogen-bond donors (Lipinski definition) is 1. The largest absolute Gasteiger partial charge is 0.481 e. The van der Waals surface area contributed by atoms with Gasteiger partial charge in [0.25, 0.3) is 0 Å². The number of amides is 1. The molecule has 1 heterocycles. The topological polar surface area (TPSA) is 57.6 Å². The summed E-state index contributed by atoms with van der Waals surface area (Å²) in [5.41, 5.74) is 0.0655. The van der Waals surface area contributed by atoms with Gasteiger partial charge < -0.3 is 10.0 Å². The molecule has 1 aliphatic heterocycles. The average molecular weight is 227 g/mol. The quantitative estimate of drug-likeness (QED) is 0.796. The maximum Gasteiger partial charge on any atom is 0.308 e. The van der Waals surface area contributed by atoms with Crippen molar-refractivity contribution in [3.63, 3.8) is 0 Å². The Hall–Kier alpha value is -1.06. The summed E-state index contributed by atoms with van der Waals surface area (Å²) in [6, 6.07) is 0. The second kappa shape index (κ2) is 4.85. The van der Waals surface area contributed by atoms with E-state index in [1.54, 1.807) is 4.90 Å². The highest BCUT2D eigenvalue weighted by Gasteiger charge is 2.32. The normalized spacial score (nSPS) is 22.3. The van der Waals surface area contributed by atoms with Crippen LogP contribution in [0.15, 0.2) is 0 Å². The van der Waals surface area contributed by atoms with Gasteiger partial charge in [-0.05, 0) is 18.3 Å². The second-order valence-electron chi connectivity index (χ2n) is 5.37. The van der Waals surface area contributed by atoms with Crippen LogP contribution in [-0.2, 0) is 9.59 Å². The van der Waals surface area contributed by atoms with Gasteiger partial charge in [-0.3, -0.25) is 9.59 Å². The molecule has 0 aromatic carbocycles. The fourth-order valence-corrected chi connectivity index (χ4v) is 1.90. The molecular formula is C12H21NO3. The summed E-state index contributed by atoms with van der Waals surface area (Å²) in [4.78, 5) is 24.3. The Kier molecular flexibility index (Phi) is 3.94. The molecule has 0 radical (unpaired) electrons. The highest BCUT2D eigenvalue weighted by molar-refractivity contribution is 5.80. The number of carboxylic acid groups (broad SMARTS) is 1. The van der Waals surface area contributed by atoms with Crippen molar-refractivity contribution in [3.8, 4) is 0 Å². The van der Waals surface area contributed by atoms with E-state index in [0.29, 0.717) is 25.9 Å². The van der Waals surface area contributed by atoms with E-state index in [1.807, 2.05) is 0 Å². The summed E-state index contributed by atoms with van der Waals surface area (Å²) in [5.74, 6) is -1.07. The summed E-state index contributed by atoms with van der Waals surface area (Å²) in [6.45, 7) is 7.32. The van der Waals surface area contributed by atoms with Gasteiger partial charge in [0.1, 0.15) is 0 Å². The molecule has 1 rings (SSSR count). The molecule has 1 aliphatic rings. The lowest BCUT2D eigenvalue weighted by atomic mass is 9.87. The Labute approximate surface area is 96.6 Å². The van der Waals surface area contributed by atoms with Crippen LogP contribution in [0, 0.1) is 11.3 Å². The monoisotopic (exact) mass is 227 g/mol. The van der Waals surface area contributed by atoms with Crippen molar-refractivity contribution < 1.29 is 14.7 Å².